The number of hydrogen-bond donors (Lipinski definition) is 0. The van der Waals surface area contributed by atoms with E-state index in [1.165, 1.54) is 31.5 Å². The lowest BCUT2D eigenvalue weighted by Gasteiger charge is -2.32. The molecule has 0 amide bonds. The Morgan fingerprint density at radius 3 is 2.67 bits per heavy atom. The third-order valence-electron chi connectivity index (χ3n) is 4.77. The van der Waals surface area contributed by atoms with Crippen LogP contribution in [-0.2, 0) is 0 Å². The Balaban J connectivity index is 1.51. The first-order valence-electron chi connectivity index (χ1n) is 8.06. The second-order valence-corrected chi connectivity index (χ2v) is 6.36. The van der Waals surface area contributed by atoms with Crippen molar-refractivity contribution in [3.05, 3.63) is 36.0 Å². The summed E-state index contributed by atoms with van der Waals surface area (Å²) in [6, 6.07) is 9.20. The summed E-state index contributed by atoms with van der Waals surface area (Å²) in [7, 11) is 0. The van der Waals surface area contributed by atoms with E-state index < -0.39 is 0 Å². The van der Waals surface area contributed by atoms with Gasteiger partial charge in [0.05, 0.1) is 5.52 Å². The molecule has 3 heteroatoms. The first-order valence-corrected chi connectivity index (χ1v) is 8.06. The van der Waals surface area contributed by atoms with E-state index >= 15 is 0 Å². The number of benzene rings is 1. The van der Waals surface area contributed by atoms with Gasteiger partial charge in [0, 0.05) is 30.7 Å². The van der Waals surface area contributed by atoms with E-state index in [9.17, 15) is 0 Å². The fraction of sp³-hybridized carbons (Fsp3) is 0.500. The van der Waals surface area contributed by atoms with E-state index in [0.29, 0.717) is 6.10 Å². The Kier molecular flexibility index (Phi) is 3.30. The molecule has 110 valence electrons. The van der Waals surface area contributed by atoms with Gasteiger partial charge in [-0.2, -0.15) is 0 Å². The van der Waals surface area contributed by atoms with Crippen LogP contribution in [0.1, 0.15) is 31.2 Å². The van der Waals surface area contributed by atoms with Crippen LogP contribution in [-0.4, -0.2) is 35.1 Å². The maximum Gasteiger partial charge on any atom is 0.130 e. The number of rotatable bonds is 3. The summed E-state index contributed by atoms with van der Waals surface area (Å²) in [4.78, 5) is 7.12. The van der Waals surface area contributed by atoms with E-state index in [2.05, 4.69) is 35.0 Å². The van der Waals surface area contributed by atoms with Crippen molar-refractivity contribution in [1.82, 2.24) is 9.88 Å². The second kappa shape index (κ2) is 5.30. The predicted molar refractivity (Wildman–Crippen MR) is 84.7 cm³/mol. The van der Waals surface area contributed by atoms with Gasteiger partial charge in [-0.3, -0.25) is 4.98 Å². The van der Waals surface area contributed by atoms with E-state index in [0.717, 1.165) is 35.5 Å². The molecule has 2 aliphatic rings. The standard InChI is InChI=1S/C18H22N2O/c1-13-3-2-4-16-17(7-10-19-18(13)16)21-15-8-11-20(12-9-15)14-5-6-14/h2-4,7,10,14-15H,5-6,8-9,11-12H2,1H3. The zero-order valence-corrected chi connectivity index (χ0v) is 12.6. The summed E-state index contributed by atoms with van der Waals surface area (Å²) in [5.74, 6) is 0.994. The Morgan fingerprint density at radius 2 is 1.90 bits per heavy atom. The number of nitrogens with zero attached hydrogens (tertiary/aromatic N) is 2. The molecule has 1 aromatic carbocycles. The summed E-state index contributed by atoms with van der Waals surface area (Å²) < 4.78 is 6.31. The van der Waals surface area contributed by atoms with Crippen LogP contribution >= 0.6 is 0 Å². The van der Waals surface area contributed by atoms with E-state index in [4.69, 9.17) is 4.74 Å². The number of likely N-dealkylation sites (tertiary alicyclic amines) is 1. The molecule has 0 spiro atoms. The third kappa shape index (κ3) is 2.62. The van der Waals surface area contributed by atoms with E-state index in [1.54, 1.807) is 0 Å². The number of aromatic nitrogens is 1. The molecule has 1 saturated carbocycles. The molecule has 2 fully saturated rings. The number of fused-ring (bicyclic) bond motifs is 1. The average molecular weight is 282 g/mol. The normalized spacial score (nSPS) is 20.8. The third-order valence-corrected chi connectivity index (χ3v) is 4.77. The van der Waals surface area contributed by atoms with Crippen LogP contribution in [0.2, 0.25) is 0 Å². The van der Waals surface area contributed by atoms with Crippen molar-refractivity contribution in [2.75, 3.05) is 13.1 Å². The number of piperidine rings is 1. The summed E-state index contributed by atoms with van der Waals surface area (Å²) >= 11 is 0. The van der Waals surface area contributed by atoms with Crippen LogP contribution in [0, 0.1) is 6.92 Å². The smallest absolute Gasteiger partial charge is 0.130 e. The molecule has 0 N–H and O–H groups in total. The molecule has 1 saturated heterocycles. The van der Waals surface area contributed by atoms with Gasteiger partial charge in [-0.05, 0) is 50.3 Å². The molecule has 2 aromatic rings. The van der Waals surface area contributed by atoms with Gasteiger partial charge in [-0.25, -0.2) is 0 Å². The van der Waals surface area contributed by atoms with Crippen molar-refractivity contribution in [2.24, 2.45) is 0 Å². The number of pyridine rings is 1. The molecule has 0 unspecified atom stereocenters. The number of para-hydroxylation sites is 1. The fourth-order valence-electron chi connectivity index (χ4n) is 3.38. The van der Waals surface area contributed by atoms with Gasteiger partial charge < -0.3 is 9.64 Å². The van der Waals surface area contributed by atoms with Gasteiger partial charge in [0.15, 0.2) is 0 Å². The molecule has 3 nitrogen and oxygen atoms in total. The zero-order chi connectivity index (χ0) is 14.2. The van der Waals surface area contributed by atoms with Gasteiger partial charge in [0.1, 0.15) is 11.9 Å². The van der Waals surface area contributed by atoms with Gasteiger partial charge in [0.2, 0.25) is 0 Å². The number of ether oxygens (including phenoxy) is 1. The Hall–Kier alpha value is -1.61. The van der Waals surface area contributed by atoms with Crippen LogP contribution in [0.25, 0.3) is 10.9 Å². The highest BCUT2D eigenvalue weighted by molar-refractivity contribution is 5.87. The highest BCUT2D eigenvalue weighted by Crippen LogP contribution is 2.32. The SMILES string of the molecule is Cc1cccc2c(OC3CCN(C4CC4)CC3)ccnc12. The Bertz CT molecular complexity index is 643. The minimum Gasteiger partial charge on any atom is -0.490 e. The van der Waals surface area contributed by atoms with Crippen LogP contribution in [0.4, 0.5) is 0 Å². The lowest BCUT2D eigenvalue weighted by molar-refractivity contribution is 0.0977. The molecular formula is C18H22N2O. The van der Waals surface area contributed by atoms with Crippen LogP contribution in [0.5, 0.6) is 5.75 Å². The minimum atomic E-state index is 0.353. The largest absolute Gasteiger partial charge is 0.490 e. The minimum absolute atomic E-state index is 0.353. The molecule has 1 aliphatic carbocycles. The quantitative estimate of drug-likeness (QED) is 0.861. The summed E-state index contributed by atoms with van der Waals surface area (Å²) in [6.07, 6.45) is 7.31. The van der Waals surface area contributed by atoms with E-state index in [1.807, 2.05) is 12.3 Å². The van der Waals surface area contributed by atoms with E-state index in [-0.39, 0.29) is 0 Å². The van der Waals surface area contributed by atoms with Gasteiger partial charge >= 0.3 is 0 Å². The number of aryl methyl sites for hydroxylation is 1. The fourth-order valence-corrected chi connectivity index (χ4v) is 3.38. The van der Waals surface area contributed by atoms with Crippen molar-refractivity contribution < 1.29 is 4.74 Å². The molecule has 4 rings (SSSR count). The monoisotopic (exact) mass is 282 g/mol. The van der Waals surface area contributed by atoms with Crippen molar-refractivity contribution in [3.63, 3.8) is 0 Å². The molecule has 0 radical (unpaired) electrons. The van der Waals surface area contributed by atoms with Crippen molar-refractivity contribution >= 4 is 10.9 Å². The van der Waals surface area contributed by atoms with Crippen molar-refractivity contribution in [3.8, 4) is 5.75 Å². The highest BCUT2D eigenvalue weighted by Gasteiger charge is 2.32. The van der Waals surface area contributed by atoms with Gasteiger partial charge in [-0.15, -0.1) is 0 Å². The lowest BCUT2D eigenvalue weighted by Crippen LogP contribution is -2.39. The second-order valence-electron chi connectivity index (χ2n) is 6.36. The highest BCUT2D eigenvalue weighted by atomic mass is 16.5. The Labute approximate surface area is 125 Å². The summed E-state index contributed by atoms with van der Waals surface area (Å²) in [6.45, 7) is 4.49. The Morgan fingerprint density at radius 1 is 1.10 bits per heavy atom. The van der Waals surface area contributed by atoms with Crippen LogP contribution in [0.15, 0.2) is 30.5 Å². The topological polar surface area (TPSA) is 25.4 Å². The van der Waals surface area contributed by atoms with Crippen LogP contribution < -0.4 is 4.74 Å². The zero-order valence-electron chi connectivity index (χ0n) is 12.6. The van der Waals surface area contributed by atoms with Gasteiger partial charge in [-0.1, -0.05) is 12.1 Å². The average Bonchev–Trinajstić information content (AvgIpc) is 3.34. The summed E-state index contributed by atoms with van der Waals surface area (Å²) in [5, 5.41) is 1.14. The molecule has 0 atom stereocenters. The molecule has 2 heterocycles. The maximum atomic E-state index is 6.31. The van der Waals surface area contributed by atoms with Crippen molar-refractivity contribution in [1.29, 1.82) is 0 Å². The lowest BCUT2D eigenvalue weighted by atomic mass is 10.1. The molecule has 21 heavy (non-hydrogen) atoms. The first-order chi connectivity index (χ1) is 10.3. The predicted octanol–water partition coefficient (Wildman–Crippen LogP) is 3.55. The first kappa shape index (κ1) is 13.1. The van der Waals surface area contributed by atoms with Crippen molar-refractivity contribution in [2.45, 2.75) is 44.8 Å². The number of hydrogen-bond acceptors (Lipinski definition) is 3. The van der Waals surface area contributed by atoms with Crippen LogP contribution in [0.3, 0.4) is 0 Å². The molecule has 0 bridgehead atoms. The molecule has 1 aromatic heterocycles. The maximum absolute atomic E-state index is 6.31. The summed E-state index contributed by atoms with van der Waals surface area (Å²) in [5.41, 5.74) is 2.27. The van der Waals surface area contributed by atoms with Gasteiger partial charge in [0.25, 0.3) is 0 Å². The molecular weight excluding hydrogens is 260 g/mol. The molecule has 1 aliphatic heterocycles.